The second-order valence-corrected chi connectivity index (χ2v) is 7.00. The zero-order valence-electron chi connectivity index (χ0n) is 16.3. The number of rotatable bonds is 7. The number of benzene rings is 1. The standard InChI is InChI=1S/C22H26N2O4/c1-16-6-3-9-20(17(16)2)23-21(25)15-24(14-19-8-5-13-28-19)22(26)11-10-18-7-4-12-27-18/h3-4,6-7,9-12,19H,5,8,13-15H2,1-2H3,(H,23,25)/b11-10+. The molecule has 1 saturated heterocycles. The molecule has 28 heavy (non-hydrogen) atoms. The lowest BCUT2D eigenvalue weighted by molar-refractivity contribution is -0.131. The van der Waals surface area contributed by atoms with Gasteiger partial charge < -0.3 is 19.4 Å². The maximum atomic E-state index is 12.7. The molecule has 1 N–H and O–H groups in total. The summed E-state index contributed by atoms with van der Waals surface area (Å²) in [7, 11) is 0. The van der Waals surface area contributed by atoms with Crippen LogP contribution in [0.15, 0.2) is 47.1 Å². The number of hydrogen-bond acceptors (Lipinski definition) is 4. The summed E-state index contributed by atoms with van der Waals surface area (Å²) in [4.78, 5) is 26.8. The summed E-state index contributed by atoms with van der Waals surface area (Å²) in [6, 6.07) is 9.29. The fourth-order valence-electron chi connectivity index (χ4n) is 3.16. The Morgan fingerprint density at radius 3 is 2.82 bits per heavy atom. The smallest absolute Gasteiger partial charge is 0.247 e. The Bertz CT molecular complexity index is 836. The fraction of sp³-hybridized carbons (Fsp3) is 0.364. The molecule has 0 bridgehead atoms. The van der Waals surface area contributed by atoms with Crippen LogP contribution in [-0.2, 0) is 14.3 Å². The molecule has 1 atom stereocenters. The molecule has 0 saturated carbocycles. The first-order chi connectivity index (χ1) is 13.5. The van der Waals surface area contributed by atoms with Crippen LogP contribution in [0.3, 0.4) is 0 Å². The molecule has 6 heteroatoms. The molecule has 0 spiro atoms. The van der Waals surface area contributed by atoms with E-state index in [1.165, 1.54) is 11.0 Å². The Kier molecular flexibility index (Phi) is 6.66. The van der Waals surface area contributed by atoms with Gasteiger partial charge in [0.15, 0.2) is 0 Å². The van der Waals surface area contributed by atoms with Crippen LogP contribution in [-0.4, -0.2) is 42.5 Å². The van der Waals surface area contributed by atoms with Crippen molar-refractivity contribution in [2.75, 3.05) is 25.0 Å². The first-order valence-electron chi connectivity index (χ1n) is 9.51. The summed E-state index contributed by atoms with van der Waals surface area (Å²) in [5.74, 6) is 0.111. The lowest BCUT2D eigenvalue weighted by Gasteiger charge is -2.24. The zero-order chi connectivity index (χ0) is 19.9. The van der Waals surface area contributed by atoms with E-state index in [2.05, 4.69) is 5.32 Å². The van der Waals surface area contributed by atoms with E-state index in [1.807, 2.05) is 32.0 Å². The van der Waals surface area contributed by atoms with Crippen molar-refractivity contribution in [1.82, 2.24) is 4.90 Å². The summed E-state index contributed by atoms with van der Waals surface area (Å²) < 4.78 is 10.9. The fourth-order valence-corrected chi connectivity index (χ4v) is 3.16. The van der Waals surface area contributed by atoms with Gasteiger partial charge in [-0.2, -0.15) is 0 Å². The third-order valence-corrected chi connectivity index (χ3v) is 4.91. The van der Waals surface area contributed by atoms with Crippen molar-refractivity contribution in [2.45, 2.75) is 32.8 Å². The van der Waals surface area contributed by atoms with Gasteiger partial charge in [-0.05, 0) is 62.1 Å². The first-order valence-corrected chi connectivity index (χ1v) is 9.51. The summed E-state index contributed by atoms with van der Waals surface area (Å²) in [6.45, 7) is 5.02. The van der Waals surface area contributed by atoms with Gasteiger partial charge in [0.1, 0.15) is 12.3 Å². The Labute approximate surface area is 165 Å². The van der Waals surface area contributed by atoms with Crippen LogP contribution < -0.4 is 5.32 Å². The Morgan fingerprint density at radius 1 is 1.25 bits per heavy atom. The number of carbonyl (C=O) groups is 2. The number of ether oxygens (including phenoxy) is 1. The summed E-state index contributed by atoms with van der Waals surface area (Å²) in [5, 5.41) is 2.91. The van der Waals surface area contributed by atoms with Gasteiger partial charge in [-0.15, -0.1) is 0 Å². The Hall–Kier alpha value is -2.86. The average molecular weight is 382 g/mol. The van der Waals surface area contributed by atoms with Gasteiger partial charge in [0.05, 0.1) is 12.4 Å². The molecule has 1 fully saturated rings. The number of furan rings is 1. The molecule has 6 nitrogen and oxygen atoms in total. The van der Waals surface area contributed by atoms with Crippen molar-refractivity contribution < 1.29 is 18.7 Å². The molecule has 1 aromatic carbocycles. The Balaban J connectivity index is 1.67. The van der Waals surface area contributed by atoms with Crippen molar-refractivity contribution >= 4 is 23.6 Å². The van der Waals surface area contributed by atoms with Gasteiger partial charge >= 0.3 is 0 Å². The molecule has 0 radical (unpaired) electrons. The van der Waals surface area contributed by atoms with E-state index in [-0.39, 0.29) is 24.5 Å². The molecule has 1 unspecified atom stereocenters. The number of nitrogens with one attached hydrogen (secondary N) is 1. The van der Waals surface area contributed by atoms with Crippen molar-refractivity contribution in [3.63, 3.8) is 0 Å². The monoisotopic (exact) mass is 382 g/mol. The largest absolute Gasteiger partial charge is 0.465 e. The molecule has 2 heterocycles. The predicted octanol–water partition coefficient (Wildman–Crippen LogP) is 3.56. The van der Waals surface area contributed by atoms with Crippen LogP contribution in [0.1, 0.15) is 29.7 Å². The average Bonchev–Trinajstić information content (AvgIpc) is 3.37. The van der Waals surface area contributed by atoms with Crippen molar-refractivity contribution in [1.29, 1.82) is 0 Å². The van der Waals surface area contributed by atoms with Crippen LogP contribution in [0.25, 0.3) is 6.08 Å². The topological polar surface area (TPSA) is 71.8 Å². The summed E-state index contributed by atoms with van der Waals surface area (Å²) >= 11 is 0. The minimum absolute atomic E-state index is 0.0329. The molecule has 3 rings (SSSR count). The third-order valence-electron chi connectivity index (χ3n) is 4.91. The molecule has 2 amide bonds. The summed E-state index contributed by atoms with van der Waals surface area (Å²) in [6.07, 6.45) is 6.42. The molecule has 1 aromatic heterocycles. The van der Waals surface area contributed by atoms with Crippen LogP contribution in [0.4, 0.5) is 5.69 Å². The van der Waals surface area contributed by atoms with Crippen molar-refractivity contribution in [3.05, 3.63) is 59.6 Å². The van der Waals surface area contributed by atoms with E-state index in [9.17, 15) is 9.59 Å². The lowest BCUT2D eigenvalue weighted by atomic mass is 10.1. The van der Waals surface area contributed by atoms with Gasteiger partial charge in [0.25, 0.3) is 0 Å². The van der Waals surface area contributed by atoms with Gasteiger partial charge in [-0.1, -0.05) is 12.1 Å². The van der Waals surface area contributed by atoms with Gasteiger partial charge in [0.2, 0.25) is 11.8 Å². The van der Waals surface area contributed by atoms with E-state index in [0.29, 0.717) is 18.9 Å². The lowest BCUT2D eigenvalue weighted by Crippen LogP contribution is -2.41. The van der Waals surface area contributed by atoms with E-state index in [4.69, 9.17) is 9.15 Å². The van der Waals surface area contributed by atoms with Crippen LogP contribution in [0, 0.1) is 13.8 Å². The van der Waals surface area contributed by atoms with Crippen LogP contribution in [0.2, 0.25) is 0 Å². The number of amides is 2. The molecular weight excluding hydrogens is 356 g/mol. The second-order valence-electron chi connectivity index (χ2n) is 7.00. The minimum atomic E-state index is -0.247. The minimum Gasteiger partial charge on any atom is -0.465 e. The third kappa shape index (κ3) is 5.33. The quantitative estimate of drug-likeness (QED) is 0.744. The molecular formula is C22H26N2O4. The SMILES string of the molecule is Cc1cccc(NC(=O)CN(CC2CCCO2)C(=O)/C=C/c2ccco2)c1C. The number of anilines is 1. The van der Waals surface area contributed by atoms with E-state index >= 15 is 0 Å². The molecule has 1 aliphatic heterocycles. The predicted molar refractivity (Wildman–Crippen MR) is 108 cm³/mol. The number of nitrogens with zero attached hydrogens (tertiary/aromatic N) is 1. The van der Waals surface area contributed by atoms with E-state index < -0.39 is 0 Å². The van der Waals surface area contributed by atoms with Gasteiger partial charge in [0, 0.05) is 24.9 Å². The highest BCUT2D eigenvalue weighted by atomic mass is 16.5. The van der Waals surface area contributed by atoms with E-state index in [1.54, 1.807) is 24.5 Å². The van der Waals surface area contributed by atoms with Gasteiger partial charge in [-0.25, -0.2) is 0 Å². The highest BCUT2D eigenvalue weighted by Crippen LogP contribution is 2.18. The first kappa shape index (κ1) is 19.9. The highest BCUT2D eigenvalue weighted by molar-refractivity contribution is 5.98. The normalized spacial score (nSPS) is 16.4. The van der Waals surface area contributed by atoms with E-state index in [0.717, 1.165) is 29.7 Å². The molecule has 1 aliphatic rings. The number of carbonyl (C=O) groups excluding carboxylic acids is 2. The molecule has 0 aliphatic carbocycles. The molecule has 2 aromatic rings. The van der Waals surface area contributed by atoms with Crippen LogP contribution >= 0.6 is 0 Å². The Morgan fingerprint density at radius 2 is 2.11 bits per heavy atom. The highest BCUT2D eigenvalue weighted by Gasteiger charge is 2.23. The number of hydrogen-bond donors (Lipinski definition) is 1. The number of aryl methyl sites for hydroxylation is 1. The molecule has 148 valence electrons. The zero-order valence-corrected chi connectivity index (χ0v) is 16.3. The van der Waals surface area contributed by atoms with Crippen molar-refractivity contribution in [2.24, 2.45) is 0 Å². The maximum Gasteiger partial charge on any atom is 0.247 e. The summed E-state index contributed by atoms with van der Waals surface area (Å²) in [5.41, 5.74) is 2.89. The maximum absolute atomic E-state index is 12.7. The van der Waals surface area contributed by atoms with Gasteiger partial charge in [-0.3, -0.25) is 9.59 Å². The van der Waals surface area contributed by atoms with Crippen molar-refractivity contribution in [3.8, 4) is 0 Å². The second kappa shape index (κ2) is 9.37. The van der Waals surface area contributed by atoms with Crippen LogP contribution in [0.5, 0.6) is 0 Å².